The van der Waals surface area contributed by atoms with Crippen LogP contribution < -0.4 is 15.0 Å². The molecule has 2 aromatic rings. The van der Waals surface area contributed by atoms with Crippen LogP contribution in [0.5, 0.6) is 5.75 Å². The molecule has 2 heterocycles. The molecule has 0 radical (unpaired) electrons. The number of carbonyl (C=O) groups is 1. The fourth-order valence-corrected chi connectivity index (χ4v) is 2.43. The molecule has 1 N–H and O–H groups in total. The Hall–Kier alpha value is -2.67. The summed E-state index contributed by atoms with van der Waals surface area (Å²) in [5.41, 5.74) is 1.41. The van der Waals surface area contributed by atoms with Crippen LogP contribution in [0.25, 0.3) is 0 Å². The highest BCUT2D eigenvalue weighted by molar-refractivity contribution is 5.93. The first-order valence-electron chi connectivity index (χ1n) is 7.82. The number of nitrogens with one attached hydrogen (secondary N) is 1. The van der Waals surface area contributed by atoms with Gasteiger partial charge in [0.25, 0.3) is 5.91 Å². The second kappa shape index (κ2) is 7.74. The zero-order valence-electron chi connectivity index (χ0n) is 13.6. The smallest absolute Gasteiger partial charge is 0.254 e. The predicted molar refractivity (Wildman–Crippen MR) is 89.2 cm³/mol. The number of anilines is 1. The Morgan fingerprint density at radius 1 is 1.29 bits per heavy atom. The molecule has 1 saturated heterocycles. The van der Waals surface area contributed by atoms with Crippen molar-refractivity contribution >= 4 is 11.9 Å². The zero-order chi connectivity index (χ0) is 16.8. The van der Waals surface area contributed by atoms with E-state index >= 15 is 0 Å². The van der Waals surface area contributed by atoms with Gasteiger partial charge in [-0.3, -0.25) is 4.79 Å². The standard InChI is InChI=1S/C17H20N4O3/c1-23-15-4-2-3-13(9-15)10-18-16(22)14-11-19-17(20-12-14)21-5-7-24-8-6-21/h2-4,9,11-12H,5-8,10H2,1H3,(H,18,22). The van der Waals surface area contributed by atoms with Crippen LogP contribution in [-0.2, 0) is 11.3 Å². The van der Waals surface area contributed by atoms with Gasteiger partial charge in [-0.15, -0.1) is 0 Å². The highest BCUT2D eigenvalue weighted by atomic mass is 16.5. The van der Waals surface area contributed by atoms with Gasteiger partial charge in [0, 0.05) is 32.0 Å². The SMILES string of the molecule is COc1cccc(CNC(=O)c2cnc(N3CCOCC3)nc2)c1. The van der Waals surface area contributed by atoms with E-state index in [1.807, 2.05) is 29.2 Å². The van der Waals surface area contributed by atoms with Crippen molar-refractivity contribution in [2.24, 2.45) is 0 Å². The lowest BCUT2D eigenvalue weighted by Crippen LogP contribution is -2.37. The molecule has 1 amide bonds. The van der Waals surface area contributed by atoms with Crippen LogP contribution in [0.15, 0.2) is 36.7 Å². The van der Waals surface area contributed by atoms with Crippen LogP contribution >= 0.6 is 0 Å². The first kappa shape index (κ1) is 16.2. The lowest BCUT2D eigenvalue weighted by atomic mass is 10.2. The number of aromatic nitrogens is 2. The summed E-state index contributed by atoms with van der Waals surface area (Å²) in [6.45, 7) is 3.29. The van der Waals surface area contributed by atoms with Crippen molar-refractivity contribution in [3.8, 4) is 5.75 Å². The number of rotatable bonds is 5. The van der Waals surface area contributed by atoms with Crippen LogP contribution in [-0.4, -0.2) is 49.3 Å². The number of benzene rings is 1. The second-order valence-electron chi connectivity index (χ2n) is 5.41. The van der Waals surface area contributed by atoms with Crippen LogP contribution in [0.2, 0.25) is 0 Å². The first-order chi connectivity index (χ1) is 11.8. The number of carbonyl (C=O) groups excluding carboxylic acids is 1. The Kier molecular flexibility index (Phi) is 5.22. The van der Waals surface area contributed by atoms with Gasteiger partial charge in [0.2, 0.25) is 5.95 Å². The molecule has 126 valence electrons. The predicted octanol–water partition coefficient (Wildman–Crippen LogP) is 1.25. The van der Waals surface area contributed by atoms with E-state index in [-0.39, 0.29) is 5.91 Å². The van der Waals surface area contributed by atoms with Crippen molar-refractivity contribution in [1.82, 2.24) is 15.3 Å². The molecule has 0 bridgehead atoms. The number of morpholine rings is 1. The first-order valence-corrected chi connectivity index (χ1v) is 7.82. The van der Waals surface area contributed by atoms with E-state index in [1.54, 1.807) is 19.5 Å². The molecule has 24 heavy (non-hydrogen) atoms. The average molecular weight is 328 g/mol. The van der Waals surface area contributed by atoms with Crippen LogP contribution in [0.1, 0.15) is 15.9 Å². The summed E-state index contributed by atoms with van der Waals surface area (Å²) >= 11 is 0. The topological polar surface area (TPSA) is 76.6 Å². The Morgan fingerprint density at radius 3 is 2.75 bits per heavy atom. The minimum absolute atomic E-state index is 0.202. The monoisotopic (exact) mass is 328 g/mol. The molecule has 0 atom stereocenters. The summed E-state index contributed by atoms with van der Waals surface area (Å²) in [7, 11) is 1.62. The van der Waals surface area contributed by atoms with Gasteiger partial charge in [-0.05, 0) is 17.7 Å². The molecule has 1 aliphatic heterocycles. The summed E-state index contributed by atoms with van der Waals surface area (Å²) in [5, 5.41) is 2.86. The molecule has 3 rings (SSSR count). The third kappa shape index (κ3) is 3.99. The number of amides is 1. The molecule has 0 aliphatic carbocycles. The Balaban J connectivity index is 1.58. The normalized spacial score (nSPS) is 14.3. The molecule has 7 nitrogen and oxygen atoms in total. The molecule has 0 unspecified atom stereocenters. The van der Waals surface area contributed by atoms with Crippen LogP contribution in [0, 0.1) is 0 Å². The van der Waals surface area contributed by atoms with Gasteiger partial charge in [0.15, 0.2) is 0 Å². The maximum absolute atomic E-state index is 12.2. The number of hydrogen-bond acceptors (Lipinski definition) is 6. The number of methoxy groups -OCH3 is 1. The number of ether oxygens (including phenoxy) is 2. The van der Waals surface area contributed by atoms with E-state index in [2.05, 4.69) is 15.3 Å². The third-order valence-electron chi connectivity index (χ3n) is 3.78. The Labute approximate surface area is 140 Å². The Bertz CT molecular complexity index is 684. The maximum atomic E-state index is 12.2. The van der Waals surface area contributed by atoms with Gasteiger partial charge in [0.05, 0.1) is 25.9 Å². The summed E-state index contributed by atoms with van der Waals surface area (Å²) in [4.78, 5) is 22.8. The zero-order valence-corrected chi connectivity index (χ0v) is 13.6. The lowest BCUT2D eigenvalue weighted by Gasteiger charge is -2.26. The fourth-order valence-electron chi connectivity index (χ4n) is 2.43. The molecular formula is C17H20N4O3. The van der Waals surface area contributed by atoms with Crippen LogP contribution in [0.3, 0.4) is 0 Å². The number of nitrogens with zero attached hydrogens (tertiary/aromatic N) is 3. The fraction of sp³-hybridized carbons (Fsp3) is 0.353. The minimum atomic E-state index is -0.202. The van der Waals surface area contributed by atoms with Crippen molar-refractivity contribution in [3.05, 3.63) is 47.8 Å². The molecule has 1 aromatic carbocycles. The van der Waals surface area contributed by atoms with Crippen molar-refractivity contribution < 1.29 is 14.3 Å². The van der Waals surface area contributed by atoms with E-state index in [1.165, 1.54) is 0 Å². The molecule has 1 aromatic heterocycles. The van der Waals surface area contributed by atoms with E-state index in [4.69, 9.17) is 9.47 Å². The van der Waals surface area contributed by atoms with Crippen LogP contribution in [0.4, 0.5) is 5.95 Å². The number of hydrogen-bond donors (Lipinski definition) is 1. The second-order valence-corrected chi connectivity index (χ2v) is 5.41. The minimum Gasteiger partial charge on any atom is -0.497 e. The average Bonchev–Trinajstić information content (AvgIpc) is 2.67. The van der Waals surface area contributed by atoms with Gasteiger partial charge in [-0.2, -0.15) is 0 Å². The summed E-state index contributed by atoms with van der Waals surface area (Å²) < 4.78 is 10.5. The molecular weight excluding hydrogens is 308 g/mol. The van der Waals surface area contributed by atoms with Crippen molar-refractivity contribution in [2.45, 2.75) is 6.54 Å². The van der Waals surface area contributed by atoms with Crippen molar-refractivity contribution in [1.29, 1.82) is 0 Å². The van der Waals surface area contributed by atoms with E-state index in [9.17, 15) is 4.79 Å². The molecule has 7 heteroatoms. The van der Waals surface area contributed by atoms with E-state index < -0.39 is 0 Å². The third-order valence-corrected chi connectivity index (χ3v) is 3.78. The van der Waals surface area contributed by atoms with Gasteiger partial charge in [-0.1, -0.05) is 12.1 Å². The summed E-state index contributed by atoms with van der Waals surface area (Å²) in [5.74, 6) is 1.19. The van der Waals surface area contributed by atoms with Gasteiger partial charge in [-0.25, -0.2) is 9.97 Å². The Morgan fingerprint density at radius 2 is 2.04 bits per heavy atom. The molecule has 0 spiro atoms. The van der Waals surface area contributed by atoms with Gasteiger partial charge in [0.1, 0.15) is 5.75 Å². The highest BCUT2D eigenvalue weighted by Crippen LogP contribution is 2.13. The molecule has 0 saturated carbocycles. The summed E-state index contributed by atoms with van der Waals surface area (Å²) in [6.07, 6.45) is 3.11. The molecule has 1 aliphatic rings. The largest absolute Gasteiger partial charge is 0.497 e. The lowest BCUT2D eigenvalue weighted by molar-refractivity contribution is 0.0950. The maximum Gasteiger partial charge on any atom is 0.254 e. The van der Waals surface area contributed by atoms with Crippen molar-refractivity contribution in [3.63, 3.8) is 0 Å². The van der Waals surface area contributed by atoms with Gasteiger partial charge < -0.3 is 19.7 Å². The highest BCUT2D eigenvalue weighted by Gasteiger charge is 2.14. The van der Waals surface area contributed by atoms with Crippen molar-refractivity contribution in [2.75, 3.05) is 38.3 Å². The van der Waals surface area contributed by atoms with E-state index in [0.29, 0.717) is 31.3 Å². The van der Waals surface area contributed by atoms with Gasteiger partial charge >= 0.3 is 0 Å². The van der Waals surface area contributed by atoms with E-state index in [0.717, 1.165) is 24.4 Å². The quantitative estimate of drug-likeness (QED) is 0.890. The summed E-state index contributed by atoms with van der Waals surface area (Å²) in [6, 6.07) is 7.57. The molecule has 1 fully saturated rings.